The fourth-order valence-electron chi connectivity index (χ4n) is 4.07. The van der Waals surface area contributed by atoms with Gasteiger partial charge < -0.3 is 14.8 Å². The maximum absolute atomic E-state index is 13.6. The number of aromatic nitrogens is 1. The number of hydrogen-bond acceptors (Lipinski definition) is 5. The van der Waals surface area contributed by atoms with Crippen LogP contribution in [0.15, 0.2) is 41.2 Å². The van der Waals surface area contributed by atoms with E-state index >= 15 is 0 Å². The molecule has 2 aromatic rings. The van der Waals surface area contributed by atoms with Crippen molar-refractivity contribution in [3.8, 4) is 11.1 Å². The van der Waals surface area contributed by atoms with Crippen molar-refractivity contribution >= 4 is 15.9 Å². The molecule has 0 unspecified atom stereocenters. The van der Waals surface area contributed by atoms with Gasteiger partial charge in [0.15, 0.2) is 0 Å². The van der Waals surface area contributed by atoms with Crippen LogP contribution in [0.25, 0.3) is 11.1 Å². The molecule has 1 amide bonds. The lowest BCUT2D eigenvalue weighted by atomic mass is 10.0. The third-order valence-electron chi connectivity index (χ3n) is 5.59. The zero-order valence-electron chi connectivity index (χ0n) is 19.6. The maximum Gasteiger partial charge on any atom is 0.271 e. The third-order valence-corrected chi connectivity index (χ3v) is 7.34. The number of aryl methyl sites for hydroxylation is 1. The molecule has 1 aromatic heterocycles. The van der Waals surface area contributed by atoms with Crippen molar-refractivity contribution in [1.29, 1.82) is 0 Å². The molecule has 33 heavy (non-hydrogen) atoms. The molecule has 2 N–H and O–H groups in total. The van der Waals surface area contributed by atoms with Gasteiger partial charge in [0.1, 0.15) is 5.69 Å². The smallest absolute Gasteiger partial charge is 0.271 e. The summed E-state index contributed by atoms with van der Waals surface area (Å²) < 4.78 is 28.4. The average molecular weight is 475 g/mol. The molecule has 1 aromatic carbocycles. The molecule has 0 aliphatic carbocycles. The van der Waals surface area contributed by atoms with E-state index in [4.69, 9.17) is 0 Å². The minimum absolute atomic E-state index is 0.0265. The molecule has 8 nitrogen and oxygen atoms in total. The van der Waals surface area contributed by atoms with Crippen molar-refractivity contribution < 1.29 is 13.2 Å². The van der Waals surface area contributed by atoms with Crippen molar-refractivity contribution in [2.75, 3.05) is 38.5 Å². The average Bonchev–Trinajstić information content (AvgIpc) is 2.79. The summed E-state index contributed by atoms with van der Waals surface area (Å²) in [7, 11) is -3.37. The fourth-order valence-corrected chi connectivity index (χ4v) is 5.52. The molecule has 9 heteroatoms. The molecule has 180 valence electrons. The van der Waals surface area contributed by atoms with Crippen molar-refractivity contribution in [1.82, 2.24) is 19.5 Å². The van der Waals surface area contributed by atoms with Gasteiger partial charge in [-0.05, 0) is 30.9 Å². The van der Waals surface area contributed by atoms with Gasteiger partial charge >= 0.3 is 0 Å². The first-order valence-electron chi connectivity index (χ1n) is 11.5. The lowest BCUT2D eigenvalue weighted by Gasteiger charge is -2.29. The Balaban J connectivity index is 1.95. The van der Waals surface area contributed by atoms with E-state index in [2.05, 4.69) is 10.0 Å². The van der Waals surface area contributed by atoms with Gasteiger partial charge in [-0.15, -0.1) is 0 Å². The van der Waals surface area contributed by atoms with Crippen molar-refractivity contribution in [2.45, 2.75) is 33.7 Å². The Labute approximate surface area is 196 Å². The van der Waals surface area contributed by atoms with E-state index in [1.54, 1.807) is 17.9 Å². The van der Waals surface area contributed by atoms with Crippen LogP contribution in [0.2, 0.25) is 0 Å². The second-order valence-corrected chi connectivity index (χ2v) is 10.7. The Hall–Kier alpha value is -2.49. The summed E-state index contributed by atoms with van der Waals surface area (Å²) >= 11 is 0. The van der Waals surface area contributed by atoms with Crippen LogP contribution in [0, 0.1) is 12.8 Å². The second-order valence-electron chi connectivity index (χ2n) is 8.88. The third kappa shape index (κ3) is 6.52. The molecular weight excluding hydrogens is 440 g/mol. The van der Waals surface area contributed by atoms with E-state index < -0.39 is 10.0 Å². The highest BCUT2D eigenvalue weighted by Crippen LogP contribution is 2.25. The summed E-state index contributed by atoms with van der Waals surface area (Å²) in [6.07, 6.45) is 0.400. The molecule has 1 saturated heterocycles. The predicted molar refractivity (Wildman–Crippen MR) is 131 cm³/mol. The van der Waals surface area contributed by atoms with E-state index in [1.165, 1.54) is 4.57 Å². The second kappa shape index (κ2) is 11.1. The van der Waals surface area contributed by atoms with Crippen LogP contribution < -0.4 is 15.6 Å². The molecule has 0 saturated carbocycles. The Kier molecular flexibility index (Phi) is 8.45. The highest BCUT2D eigenvalue weighted by Gasteiger charge is 2.26. The van der Waals surface area contributed by atoms with Crippen LogP contribution in [0.3, 0.4) is 0 Å². The Morgan fingerprint density at radius 2 is 1.82 bits per heavy atom. The molecule has 1 fully saturated rings. The number of carbonyl (C=O) groups excluding carboxylic acids is 1. The van der Waals surface area contributed by atoms with E-state index in [1.807, 2.05) is 44.2 Å². The Bertz CT molecular complexity index is 1120. The largest absolute Gasteiger partial charge is 0.335 e. The number of pyridine rings is 1. The summed E-state index contributed by atoms with van der Waals surface area (Å²) in [5.74, 6) is -0.0890. The van der Waals surface area contributed by atoms with E-state index in [-0.39, 0.29) is 36.2 Å². The summed E-state index contributed by atoms with van der Waals surface area (Å²) in [5, 5.41) is 3.24. The van der Waals surface area contributed by atoms with Gasteiger partial charge in [0.05, 0.1) is 5.75 Å². The summed E-state index contributed by atoms with van der Waals surface area (Å²) in [6, 6.07) is 11.4. The van der Waals surface area contributed by atoms with Gasteiger partial charge in [-0.25, -0.2) is 13.1 Å². The summed E-state index contributed by atoms with van der Waals surface area (Å²) in [6.45, 7) is 8.47. The highest BCUT2D eigenvalue weighted by atomic mass is 32.2. The zero-order valence-corrected chi connectivity index (χ0v) is 20.5. The van der Waals surface area contributed by atoms with Gasteiger partial charge in [-0.2, -0.15) is 0 Å². The van der Waals surface area contributed by atoms with E-state index in [0.717, 1.165) is 11.1 Å². The number of amides is 1. The number of sulfonamides is 1. The monoisotopic (exact) mass is 474 g/mol. The number of nitrogens with zero attached hydrogens (tertiary/aromatic N) is 2. The number of rotatable bonds is 9. The van der Waals surface area contributed by atoms with Crippen LogP contribution >= 0.6 is 0 Å². The predicted octanol–water partition coefficient (Wildman–Crippen LogP) is 1.83. The molecule has 0 bridgehead atoms. The topological polar surface area (TPSA) is 101 Å². The normalized spacial score (nSPS) is 14.6. The number of hydrogen-bond donors (Lipinski definition) is 2. The molecular formula is C24H34N4O4S. The molecule has 0 radical (unpaired) electrons. The van der Waals surface area contributed by atoms with Crippen LogP contribution in [0.1, 0.15) is 36.3 Å². The Morgan fingerprint density at radius 1 is 1.15 bits per heavy atom. The molecule has 2 heterocycles. The van der Waals surface area contributed by atoms with Gasteiger partial charge in [-0.1, -0.05) is 44.2 Å². The van der Waals surface area contributed by atoms with Gasteiger partial charge in [0.2, 0.25) is 10.0 Å². The molecule has 1 aliphatic rings. The highest BCUT2D eigenvalue weighted by molar-refractivity contribution is 7.89. The van der Waals surface area contributed by atoms with Crippen LogP contribution in [-0.4, -0.2) is 62.3 Å². The quantitative estimate of drug-likeness (QED) is 0.540. The number of piperazine rings is 1. The van der Waals surface area contributed by atoms with Crippen molar-refractivity contribution in [3.05, 3.63) is 58.0 Å². The number of nitrogens with one attached hydrogen (secondary N) is 2. The fraction of sp³-hybridized carbons (Fsp3) is 0.500. The van der Waals surface area contributed by atoms with Gasteiger partial charge in [0.25, 0.3) is 11.5 Å². The molecule has 0 spiro atoms. The van der Waals surface area contributed by atoms with Gasteiger partial charge in [0, 0.05) is 50.4 Å². The van der Waals surface area contributed by atoms with E-state index in [9.17, 15) is 18.0 Å². The van der Waals surface area contributed by atoms with Crippen LogP contribution in [0.5, 0.6) is 0 Å². The lowest BCUT2D eigenvalue weighted by Crippen LogP contribution is -2.48. The summed E-state index contributed by atoms with van der Waals surface area (Å²) in [5.41, 5.74) is 2.27. The van der Waals surface area contributed by atoms with Crippen molar-refractivity contribution in [2.24, 2.45) is 5.92 Å². The minimum atomic E-state index is -3.37. The molecule has 1 aliphatic heterocycles. The van der Waals surface area contributed by atoms with Gasteiger partial charge in [-0.3, -0.25) is 9.59 Å². The van der Waals surface area contributed by atoms with Crippen LogP contribution in [0.4, 0.5) is 0 Å². The van der Waals surface area contributed by atoms with E-state index in [0.29, 0.717) is 43.9 Å². The first-order chi connectivity index (χ1) is 15.7. The zero-order chi connectivity index (χ0) is 24.0. The lowest BCUT2D eigenvalue weighted by molar-refractivity contribution is 0.0724. The number of benzene rings is 1. The summed E-state index contributed by atoms with van der Waals surface area (Å²) in [4.78, 5) is 28.5. The first kappa shape index (κ1) is 25.1. The Morgan fingerprint density at radius 3 is 2.45 bits per heavy atom. The minimum Gasteiger partial charge on any atom is -0.335 e. The maximum atomic E-state index is 13.6. The van der Waals surface area contributed by atoms with Crippen LogP contribution in [-0.2, 0) is 16.6 Å². The standard InChI is InChI=1S/C24H34N4O4S/c1-18(2)17-33(31,32)26-10-7-13-28-22(24(30)27-14-11-25-12-15-27)21(16-19(3)23(28)29)20-8-5-4-6-9-20/h4-6,8-9,16,18,25-26H,7,10-15,17H2,1-3H3. The number of carbonyl (C=O) groups is 1. The SMILES string of the molecule is Cc1cc(-c2ccccc2)c(C(=O)N2CCNCC2)n(CCCNS(=O)(=O)CC(C)C)c1=O. The first-order valence-corrected chi connectivity index (χ1v) is 13.1. The molecule has 3 rings (SSSR count). The molecule has 0 atom stereocenters. The van der Waals surface area contributed by atoms with Crippen molar-refractivity contribution in [3.63, 3.8) is 0 Å².